The Balaban J connectivity index is 2.17. The van der Waals surface area contributed by atoms with Gasteiger partial charge in [0.15, 0.2) is 0 Å². The van der Waals surface area contributed by atoms with Crippen molar-refractivity contribution in [3.63, 3.8) is 0 Å². The molecule has 2 atom stereocenters. The van der Waals surface area contributed by atoms with E-state index in [1.165, 1.54) is 19.3 Å². The quantitative estimate of drug-likeness (QED) is 0.718. The molecule has 0 aromatic rings. The van der Waals surface area contributed by atoms with Crippen LogP contribution < -0.4 is 0 Å². The van der Waals surface area contributed by atoms with Crippen molar-refractivity contribution in [1.29, 1.82) is 0 Å². The van der Waals surface area contributed by atoms with Gasteiger partial charge in [-0.05, 0) is 26.7 Å². The van der Waals surface area contributed by atoms with Gasteiger partial charge in [-0.1, -0.05) is 6.42 Å². The number of hydrogen-bond donors (Lipinski definition) is 1. The maximum Gasteiger partial charge on any atom is 0.107 e. The van der Waals surface area contributed by atoms with Crippen molar-refractivity contribution in [2.75, 3.05) is 19.7 Å². The molecule has 0 aromatic carbocycles. The van der Waals surface area contributed by atoms with Crippen molar-refractivity contribution in [1.82, 2.24) is 4.90 Å². The van der Waals surface area contributed by atoms with Crippen molar-refractivity contribution in [2.45, 2.75) is 45.4 Å². The molecule has 1 heterocycles. The molecule has 0 bridgehead atoms. The molecule has 1 saturated heterocycles. The molecule has 2 unspecified atom stereocenters. The van der Waals surface area contributed by atoms with Gasteiger partial charge >= 0.3 is 0 Å². The Hall–Kier alpha value is -0.120. The zero-order valence-corrected chi connectivity index (χ0v) is 8.70. The molecule has 0 radical (unpaired) electrons. The topological polar surface area (TPSA) is 32.7 Å². The van der Waals surface area contributed by atoms with Gasteiger partial charge < -0.3 is 9.84 Å². The lowest BCUT2D eigenvalue weighted by Gasteiger charge is -2.32. The van der Waals surface area contributed by atoms with Crippen molar-refractivity contribution < 1.29 is 9.84 Å². The van der Waals surface area contributed by atoms with E-state index >= 15 is 0 Å². The van der Waals surface area contributed by atoms with Crippen LogP contribution in [0.25, 0.3) is 0 Å². The Morgan fingerprint density at radius 3 is 2.38 bits per heavy atom. The molecule has 0 spiro atoms. The first-order chi connectivity index (χ1) is 6.20. The predicted octanol–water partition coefficient (Wildman–Crippen LogP) is 1.22. The first-order valence-corrected chi connectivity index (χ1v) is 5.24. The highest BCUT2D eigenvalue weighted by atomic mass is 16.5. The van der Waals surface area contributed by atoms with Crippen LogP contribution >= 0.6 is 0 Å². The van der Waals surface area contributed by atoms with E-state index in [2.05, 4.69) is 11.8 Å². The van der Waals surface area contributed by atoms with Gasteiger partial charge in [-0.2, -0.15) is 0 Å². The lowest BCUT2D eigenvalue weighted by molar-refractivity contribution is -0.0791. The molecule has 0 amide bonds. The maximum atomic E-state index is 9.06. The Morgan fingerprint density at radius 1 is 1.23 bits per heavy atom. The van der Waals surface area contributed by atoms with E-state index in [0.29, 0.717) is 6.61 Å². The smallest absolute Gasteiger partial charge is 0.107 e. The molecule has 1 aliphatic heterocycles. The molecule has 0 aromatic heterocycles. The summed E-state index contributed by atoms with van der Waals surface area (Å²) < 4.78 is 5.52. The van der Waals surface area contributed by atoms with Crippen LogP contribution in [0.5, 0.6) is 0 Å². The van der Waals surface area contributed by atoms with Crippen LogP contribution in [0.1, 0.15) is 33.1 Å². The largest absolute Gasteiger partial charge is 0.391 e. The Labute approximate surface area is 80.7 Å². The second-order valence-corrected chi connectivity index (χ2v) is 3.88. The molecule has 1 rings (SSSR count). The summed E-state index contributed by atoms with van der Waals surface area (Å²) in [6.07, 6.45) is 3.71. The monoisotopic (exact) mass is 187 g/mol. The zero-order chi connectivity index (χ0) is 9.68. The summed E-state index contributed by atoms with van der Waals surface area (Å²) in [5.74, 6) is 0. The fraction of sp³-hybridized carbons (Fsp3) is 1.00. The van der Waals surface area contributed by atoms with Crippen LogP contribution in [0, 0.1) is 0 Å². The van der Waals surface area contributed by atoms with Gasteiger partial charge in [-0.25, -0.2) is 0 Å². The number of nitrogens with zero attached hydrogens (tertiary/aromatic N) is 1. The maximum absolute atomic E-state index is 9.06. The van der Waals surface area contributed by atoms with Crippen molar-refractivity contribution >= 4 is 0 Å². The van der Waals surface area contributed by atoms with E-state index in [-0.39, 0.29) is 12.3 Å². The predicted molar refractivity (Wildman–Crippen MR) is 52.5 cm³/mol. The fourth-order valence-electron chi connectivity index (χ4n) is 1.67. The van der Waals surface area contributed by atoms with Crippen LogP contribution in [-0.4, -0.2) is 42.0 Å². The van der Waals surface area contributed by atoms with E-state index < -0.39 is 0 Å². The summed E-state index contributed by atoms with van der Waals surface area (Å²) >= 11 is 0. The average molecular weight is 187 g/mol. The SMILES string of the molecule is CC(O)COC(C)N1CCCCC1. The van der Waals surface area contributed by atoms with E-state index in [1.54, 1.807) is 6.92 Å². The molecule has 13 heavy (non-hydrogen) atoms. The Kier molecular flexibility index (Phi) is 4.70. The number of aliphatic hydroxyl groups is 1. The normalized spacial score (nSPS) is 24.2. The summed E-state index contributed by atoms with van der Waals surface area (Å²) in [6.45, 7) is 6.54. The van der Waals surface area contributed by atoms with E-state index in [0.717, 1.165) is 13.1 Å². The second-order valence-electron chi connectivity index (χ2n) is 3.88. The number of ether oxygens (including phenoxy) is 1. The third-order valence-electron chi connectivity index (χ3n) is 2.48. The third kappa shape index (κ3) is 4.07. The van der Waals surface area contributed by atoms with Crippen molar-refractivity contribution in [3.8, 4) is 0 Å². The van der Waals surface area contributed by atoms with Crippen molar-refractivity contribution in [3.05, 3.63) is 0 Å². The minimum absolute atomic E-state index is 0.162. The van der Waals surface area contributed by atoms with E-state index in [4.69, 9.17) is 9.84 Å². The Bertz CT molecular complexity index is 133. The van der Waals surface area contributed by atoms with Gasteiger partial charge in [0.2, 0.25) is 0 Å². The van der Waals surface area contributed by atoms with Crippen LogP contribution in [0.15, 0.2) is 0 Å². The fourth-order valence-corrected chi connectivity index (χ4v) is 1.67. The highest BCUT2D eigenvalue weighted by molar-refractivity contribution is 4.65. The van der Waals surface area contributed by atoms with Gasteiger partial charge in [0, 0.05) is 13.1 Å². The van der Waals surface area contributed by atoms with E-state index in [9.17, 15) is 0 Å². The number of hydrogen-bond acceptors (Lipinski definition) is 3. The molecule has 0 saturated carbocycles. The summed E-state index contributed by atoms with van der Waals surface area (Å²) in [5, 5.41) is 9.06. The van der Waals surface area contributed by atoms with E-state index in [1.807, 2.05) is 0 Å². The van der Waals surface area contributed by atoms with Gasteiger partial charge in [-0.3, -0.25) is 4.90 Å². The summed E-state index contributed by atoms with van der Waals surface area (Å²) in [6, 6.07) is 0. The first-order valence-electron chi connectivity index (χ1n) is 5.24. The highest BCUT2D eigenvalue weighted by Crippen LogP contribution is 2.12. The minimum atomic E-state index is -0.354. The number of rotatable bonds is 4. The molecule has 3 nitrogen and oxygen atoms in total. The van der Waals surface area contributed by atoms with Crippen molar-refractivity contribution in [2.24, 2.45) is 0 Å². The minimum Gasteiger partial charge on any atom is -0.391 e. The molecule has 3 heteroatoms. The summed E-state index contributed by atoms with van der Waals surface area (Å²) in [5.41, 5.74) is 0. The van der Waals surface area contributed by atoms with Crippen LogP contribution in [0.4, 0.5) is 0 Å². The summed E-state index contributed by atoms with van der Waals surface area (Å²) in [7, 11) is 0. The number of piperidine rings is 1. The molecular weight excluding hydrogens is 166 g/mol. The van der Waals surface area contributed by atoms with Gasteiger partial charge in [0.05, 0.1) is 12.7 Å². The Morgan fingerprint density at radius 2 is 1.85 bits per heavy atom. The first kappa shape index (κ1) is 11.0. The highest BCUT2D eigenvalue weighted by Gasteiger charge is 2.16. The van der Waals surface area contributed by atoms with Crippen LogP contribution in [0.2, 0.25) is 0 Å². The summed E-state index contributed by atoms with van der Waals surface area (Å²) in [4.78, 5) is 2.34. The number of aliphatic hydroxyl groups excluding tert-OH is 1. The molecule has 0 aliphatic carbocycles. The lowest BCUT2D eigenvalue weighted by Crippen LogP contribution is -2.39. The van der Waals surface area contributed by atoms with Gasteiger partial charge in [0.25, 0.3) is 0 Å². The number of likely N-dealkylation sites (tertiary alicyclic amines) is 1. The standard InChI is InChI=1S/C10H21NO2/c1-9(12)8-13-10(2)11-6-4-3-5-7-11/h9-10,12H,3-8H2,1-2H3. The second kappa shape index (κ2) is 5.58. The molecule has 1 aliphatic rings. The van der Waals surface area contributed by atoms with Crippen LogP contribution in [-0.2, 0) is 4.74 Å². The molecule has 78 valence electrons. The zero-order valence-electron chi connectivity index (χ0n) is 8.70. The van der Waals surface area contributed by atoms with Gasteiger partial charge in [0.1, 0.15) is 6.23 Å². The average Bonchev–Trinajstić information content (AvgIpc) is 2.15. The van der Waals surface area contributed by atoms with Crippen LogP contribution in [0.3, 0.4) is 0 Å². The molecule has 1 N–H and O–H groups in total. The lowest BCUT2D eigenvalue weighted by atomic mass is 10.1. The third-order valence-corrected chi connectivity index (χ3v) is 2.48. The molecule has 1 fully saturated rings. The van der Waals surface area contributed by atoms with Gasteiger partial charge in [-0.15, -0.1) is 0 Å². The molecular formula is C10H21NO2.